The molecule has 0 aliphatic carbocycles. The Kier molecular flexibility index (Phi) is 3.41. The van der Waals surface area contributed by atoms with Crippen molar-refractivity contribution in [2.45, 2.75) is 18.9 Å². The molecule has 0 radical (unpaired) electrons. The van der Waals surface area contributed by atoms with Crippen molar-refractivity contribution in [3.63, 3.8) is 0 Å². The number of hydrogen-bond donors (Lipinski definition) is 1. The summed E-state index contributed by atoms with van der Waals surface area (Å²) in [5.74, 6) is -0.622. The van der Waals surface area contributed by atoms with E-state index < -0.39 is 11.7 Å². The highest BCUT2D eigenvalue weighted by molar-refractivity contribution is 6.30. The summed E-state index contributed by atoms with van der Waals surface area (Å²) in [6.07, 6.45) is 3.49. The van der Waals surface area contributed by atoms with Crippen LogP contribution in [0.2, 0.25) is 5.02 Å². The van der Waals surface area contributed by atoms with E-state index in [1.165, 1.54) is 6.20 Å². The number of nitrogens with one attached hydrogen (secondary N) is 1. The molecule has 1 amide bonds. The predicted octanol–water partition coefficient (Wildman–Crippen LogP) is 1.70. The molecule has 1 N–H and O–H groups in total. The lowest BCUT2D eigenvalue weighted by Crippen LogP contribution is -2.57. The molecular formula is C13H15ClFN3O. The van der Waals surface area contributed by atoms with Crippen LogP contribution in [0.4, 0.5) is 4.39 Å². The van der Waals surface area contributed by atoms with Gasteiger partial charge >= 0.3 is 0 Å². The van der Waals surface area contributed by atoms with E-state index in [4.69, 9.17) is 11.6 Å². The van der Waals surface area contributed by atoms with E-state index >= 15 is 0 Å². The van der Waals surface area contributed by atoms with Gasteiger partial charge in [-0.3, -0.25) is 4.79 Å². The number of aromatic nitrogens is 1. The summed E-state index contributed by atoms with van der Waals surface area (Å²) in [5, 5.41) is 3.09. The van der Waals surface area contributed by atoms with Crippen LogP contribution in [-0.2, 0) is 0 Å². The highest BCUT2D eigenvalue weighted by atomic mass is 35.5. The summed E-state index contributed by atoms with van der Waals surface area (Å²) >= 11 is 5.62. The lowest BCUT2D eigenvalue weighted by atomic mass is 9.84. The Morgan fingerprint density at radius 2 is 2.21 bits per heavy atom. The monoisotopic (exact) mass is 283 g/mol. The molecule has 1 atom stereocenters. The van der Waals surface area contributed by atoms with E-state index in [0.717, 1.165) is 38.5 Å². The number of piperidine rings is 3. The third-order valence-electron chi connectivity index (χ3n) is 4.00. The number of pyridine rings is 1. The van der Waals surface area contributed by atoms with Crippen LogP contribution in [0, 0.1) is 11.7 Å². The van der Waals surface area contributed by atoms with Crippen molar-refractivity contribution < 1.29 is 9.18 Å². The summed E-state index contributed by atoms with van der Waals surface area (Å²) in [7, 11) is 0. The maximum absolute atomic E-state index is 13.6. The third-order valence-corrected chi connectivity index (χ3v) is 4.20. The second kappa shape index (κ2) is 5.06. The first-order chi connectivity index (χ1) is 9.13. The van der Waals surface area contributed by atoms with Crippen LogP contribution >= 0.6 is 11.6 Å². The molecule has 1 aromatic heterocycles. The zero-order valence-electron chi connectivity index (χ0n) is 10.4. The van der Waals surface area contributed by atoms with Crippen molar-refractivity contribution in [3.05, 3.63) is 28.8 Å². The van der Waals surface area contributed by atoms with E-state index in [0.29, 0.717) is 5.92 Å². The van der Waals surface area contributed by atoms with Crippen LogP contribution in [0.15, 0.2) is 12.3 Å². The lowest BCUT2D eigenvalue weighted by Gasteiger charge is -2.44. The fourth-order valence-corrected chi connectivity index (χ4v) is 3.09. The van der Waals surface area contributed by atoms with E-state index in [1.54, 1.807) is 0 Å². The SMILES string of the molecule is O=C(NC1CN2CCC1CC2)c1ncc(Cl)cc1F. The van der Waals surface area contributed by atoms with Crippen LogP contribution in [0.3, 0.4) is 0 Å². The second-order valence-corrected chi connectivity index (χ2v) is 5.64. The number of carbonyl (C=O) groups is 1. The van der Waals surface area contributed by atoms with Gasteiger partial charge in [-0.25, -0.2) is 9.37 Å². The quantitative estimate of drug-likeness (QED) is 0.898. The van der Waals surface area contributed by atoms with Gasteiger partial charge in [-0.1, -0.05) is 11.6 Å². The molecule has 0 spiro atoms. The standard InChI is InChI=1S/C13H15ClFN3O/c14-9-5-10(15)12(16-6-9)13(19)17-11-7-18-3-1-8(11)2-4-18/h5-6,8,11H,1-4,7H2,(H,17,19). The van der Waals surface area contributed by atoms with E-state index in [1.807, 2.05) is 0 Å². The first kappa shape index (κ1) is 12.8. The van der Waals surface area contributed by atoms with Gasteiger partial charge in [0.2, 0.25) is 0 Å². The molecule has 4 nitrogen and oxygen atoms in total. The minimum Gasteiger partial charge on any atom is -0.346 e. The van der Waals surface area contributed by atoms with E-state index in [2.05, 4.69) is 15.2 Å². The highest BCUT2D eigenvalue weighted by Crippen LogP contribution is 2.27. The molecule has 1 aromatic rings. The van der Waals surface area contributed by atoms with Crippen LogP contribution in [0.25, 0.3) is 0 Å². The van der Waals surface area contributed by atoms with Crippen LogP contribution in [0.1, 0.15) is 23.3 Å². The van der Waals surface area contributed by atoms with Crippen LogP contribution < -0.4 is 5.32 Å². The van der Waals surface area contributed by atoms with Gasteiger partial charge in [0.05, 0.1) is 5.02 Å². The molecule has 3 aliphatic heterocycles. The summed E-state index contributed by atoms with van der Waals surface area (Å²) in [4.78, 5) is 18.1. The van der Waals surface area contributed by atoms with Crippen molar-refractivity contribution in [2.24, 2.45) is 5.92 Å². The van der Waals surface area contributed by atoms with Gasteiger partial charge in [-0.15, -0.1) is 0 Å². The highest BCUT2D eigenvalue weighted by Gasteiger charge is 2.35. The molecule has 0 aromatic carbocycles. The second-order valence-electron chi connectivity index (χ2n) is 5.20. The molecular weight excluding hydrogens is 269 g/mol. The molecule has 102 valence electrons. The van der Waals surface area contributed by atoms with E-state index in [-0.39, 0.29) is 16.8 Å². The molecule has 2 bridgehead atoms. The molecule has 4 heterocycles. The maximum Gasteiger partial charge on any atom is 0.273 e. The van der Waals surface area contributed by atoms with Gasteiger partial charge in [0, 0.05) is 18.8 Å². The summed E-state index contributed by atoms with van der Waals surface area (Å²) in [5.41, 5.74) is -0.180. The molecule has 3 fully saturated rings. The van der Waals surface area contributed by atoms with Crippen LogP contribution in [-0.4, -0.2) is 41.5 Å². The molecule has 4 rings (SSSR count). The van der Waals surface area contributed by atoms with Gasteiger partial charge < -0.3 is 10.2 Å². The Balaban J connectivity index is 1.71. The van der Waals surface area contributed by atoms with Crippen LogP contribution in [0.5, 0.6) is 0 Å². The van der Waals surface area contributed by atoms with Gasteiger partial charge in [-0.2, -0.15) is 0 Å². The van der Waals surface area contributed by atoms with Gasteiger partial charge in [-0.05, 0) is 37.9 Å². The molecule has 1 unspecified atom stereocenters. The van der Waals surface area contributed by atoms with Crippen molar-refractivity contribution in [3.8, 4) is 0 Å². The number of carbonyl (C=O) groups excluding carboxylic acids is 1. The Morgan fingerprint density at radius 1 is 1.47 bits per heavy atom. The molecule has 3 aliphatic rings. The Morgan fingerprint density at radius 3 is 2.79 bits per heavy atom. The fraction of sp³-hybridized carbons (Fsp3) is 0.538. The van der Waals surface area contributed by atoms with Crippen molar-refractivity contribution in [1.29, 1.82) is 0 Å². The summed E-state index contributed by atoms with van der Waals surface area (Å²) in [6.45, 7) is 3.06. The molecule has 3 saturated heterocycles. The van der Waals surface area contributed by atoms with Gasteiger partial charge in [0.1, 0.15) is 0 Å². The molecule has 6 heteroatoms. The van der Waals surface area contributed by atoms with Gasteiger partial charge in [0.25, 0.3) is 5.91 Å². The number of halogens is 2. The van der Waals surface area contributed by atoms with E-state index in [9.17, 15) is 9.18 Å². The van der Waals surface area contributed by atoms with Crippen molar-refractivity contribution in [2.75, 3.05) is 19.6 Å². The van der Waals surface area contributed by atoms with Crippen molar-refractivity contribution in [1.82, 2.24) is 15.2 Å². The Labute approximate surface area is 115 Å². The Bertz CT molecular complexity index is 503. The first-order valence-electron chi connectivity index (χ1n) is 6.48. The maximum atomic E-state index is 13.6. The predicted molar refractivity (Wildman–Crippen MR) is 69.6 cm³/mol. The largest absolute Gasteiger partial charge is 0.346 e. The smallest absolute Gasteiger partial charge is 0.273 e. The average molecular weight is 284 g/mol. The number of rotatable bonds is 2. The first-order valence-corrected chi connectivity index (χ1v) is 6.85. The normalized spacial score (nSPS) is 29.3. The molecule has 0 saturated carbocycles. The molecule has 19 heavy (non-hydrogen) atoms. The van der Waals surface area contributed by atoms with Crippen molar-refractivity contribution >= 4 is 17.5 Å². The zero-order valence-corrected chi connectivity index (χ0v) is 11.2. The average Bonchev–Trinajstić information content (AvgIpc) is 2.39. The van der Waals surface area contributed by atoms with Gasteiger partial charge in [0.15, 0.2) is 11.5 Å². The Hall–Kier alpha value is -1.20. The minimum atomic E-state index is -0.675. The number of hydrogen-bond acceptors (Lipinski definition) is 3. The zero-order chi connectivity index (χ0) is 13.4. The lowest BCUT2D eigenvalue weighted by molar-refractivity contribution is 0.0615. The number of amides is 1. The minimum absolute atomic E-state index is 0.104. The summed E-state index contributed by atoms with van der Waals surface area (Å²) in [6, 6.07) is 1.21. The number of nitrogens with zero attached hydrogens (tertiary/aromatic N) is 2. The topological polar surface area (TPSA) is 45.2 Å². The fourth-order valence-electron chi connectivity index (χ4n) is 2.95. The third kappa shape index (κ3) is 2.58. The number of fused-ring (bicyclic) bond motifs is 3. The summed E-state index contributed by atoms with van der Waals surface area (Å²) < 4.78 is 13.6.